The van der Waals surface area contributed by atoms with Gasteiger partial charge in [-0.3, -0.25) is 4.79 Å². The SMILES string of the molecule is Cc1ccccc1CSCC(=O)N[C@@H](C)c1cccc(Cl)c1. The second-order valence-electron chi connectivity index (χ2n) is 5.26. The van der Waals surface area contributed by atoms with Crippen molar-refractivity contribution in [1.82, 2.24) is 5.32 Å². The summed E-state index contributed by atoms with van der Waals surface area (Å²) in [6.45, 7) is 4.06. The van der Waals surface area contributed by atoms with Crippen LogP contribution in [0, 0.1) is 6.92 Å². The van der Waals surface area contributed by atoms with Gasteiger partial charge in [0.25, 0.3) is 0 Å². The van der Waals surface area contributed by atoms with Gasteiger partial charge >= 0.3 is 0 Å². The lowest BCUT2D eigenvalue weighted by Crippen LogP contribution is -2.28. The number of carbonyl (C=O) groups excluding carboxylic acids is 1. The van der Waals surface area contributed by atoms with Crippen LogP contribution in [0.25, 0.3) is 0 Å². The Balaban J connectivity index is 1.79. The number of amides is 1. The molecule has 1 amide bonds. The molecule has 0 aliphatic rings. The first-order valence-corrected chi connectivity index (χ1v) is 8.76. The number of hydrogen-bond donors (Lipinski definition) is 1. The van der Waals surface area contributed by atoms with Crippen molar-refractivity contribution in [3.05, 3.63) is 70.2 Å². The lowest BCUT2D eigenvalue weighted by atomic mass is 10.1. The average molecular weight is 334 g/mol. The summed E-state index contributed by atoms with van der Waals surface area (Å²) in [6.07, 6.45) is 0. The molecule has 0 saturated carbocycles. The molecule has 1 atom stereocenters. The number of halogens is 1. The van der Waals surface area contributed by atoms with Crippen LogP contribution in [0.5, 0.6) is 0 Å². The van der Waals surface area contributed by atoms with Gasteiger partial charge in [-0.1, -0.05) is 48.0 Å². The summed E-state index contributed by atoms with van der Waals surface area (Å²) in [7, 11) is 0. The smallest absolute Gasteiger partial charge is 0.230 e. The average Bonchev–Trinajstić information content (AvgIpc) is 2.49. The van der Waals surface area contributed by atoms with Crippen molar-refractivity contribution in [3.63, 3.8) is 0 Å². The number of nitrogens with one attached hydrogen (secondary N) is 1. The van der Waals surface area contributed by atoms with Gasteiger partial charge in [-0.25, -0.2) is 0 Å². The standard InChI is InChI=1S/C18H20ClNOS/c1-13-6-3-4-7-16(13)11-22-12-18(21)20-14(2)15-8-5-9-17(19)10-15/h3-10,14H,11-12H2,1-2H3,(H,20,21)/t14-/m0/s1. The number of rotatable bonds is 6. The zero-order valence-corrected chi connectivity index (χ0v) is 14.4. The Morgan fingerprint density at radius 1 is 1.23 bits per heavy atom. The van der Waals surface area contributed by atoms with E-state index in [0.29, 0.717) is 10.8 Å². The number of carbonyl (C=O) groups is 1. The number of hydrogen-bond acceptors (Lipinski definition) is 2. The highest BCUT2D eigenvalue weighted by Gasteiger charge is 2.10. The van der Waals surface area contributed by atoms with Crippen LogP contribution in [-0.2, 0) is 10.5 Å². The first-order valence-electron chi connectivity index (χ1n) is 7.23. The van der Waals surface area contributed by atoms with E-state index >= 15 is 0 Å². The topological polar surface area (TPSA) is 29.1 Å². The van der Waals surface area contributed by atoms with E-state index in [1.54, 1.807) is 11.8 Å². The van der Waals surface area contributed by atoms with Crippen LogP contribution >= 0.6 is 23.4 Å². The minimum atomic E-state index is -0.0368. The molecule has 0 radical (unpaired) electrons. The Bertz CT molecular complexity index is 644. The fourth-order valence-electron chi connectivity index (χ4n) is 2.17. The molecule has 0 bridgehead atoms. The monoisotopic (exact) mass is 333 g/mol. The molecule has 2 rings (SSSR count). The van der Waals surface area contributed by atoms with Crippen molar-refractivity contribution >= 4 is 29.3 Å². The molecule has 22 heavy (non-hydrogen) atoms. The molecule has 2 aromatic rings. The van der Waals surface area contributed by atoms with Crippen molar-refractivity contribution in [2.24, 2.45) is 0 Å². The predicted octanol–water partition coefficient (Wildman–Crippen LogP) is 4.76. The van der Waals surface area contributed by atoms with Gasteiger partial charge in [0.05, 0.1) is 11.8 Å². The molecule has 0 unspecified atom stereocenters. The van der Waals surface area contributed by atoms with Gasteiger partial charge in [0, 0.05) is 10.8 Å². The normalized spacial score (nSPS) is 12.0. The summed E-state index contributed by atoms with van der Waals surface area (Å²) < 4.78 is 0. The predicted molar refractivity (Wildman–Crippen MR) is 95.4 cm³/mol. The molecular weight excluding hydrogens is 314 g/mol. The molecule has 2 nitrogen and oxygen atoms in total. The van der Waals surface area contributed by atoms with E-state index in [-0.39, 0.29) is 11.9 Å². The lowest BCUT2D eigenvalue weighted by Gasteiger charge is -2.14. The minimum absolute atomic E-state index is 0.0368. The molecule has 116 valence electrons. The number of aryl methyl sites for hydroxylation is 1. The quantitative estimate of drug-likeness (QED) is 0.825. The van der Waals surface area contributed by atoms with Gasteiger partial charge < -0.3 is 5.32 Å². The maximum atomic E-state index is 12.0. The van der Waals surface area contributed by atoms with Crippen LogP contribution in [-0.4, -0.2) is 11.7 Å². The Kier molecular flexibility index (Phi) is 6.34. The Morgan fingerprint density at radius 3 is 2.73 bits per heavy atom. The van der Waals surface area contributed by atoms with Crippen LogP contribution in [0.2, 0.25) is 5.02 Å². The highest BCUT2D eigenvalue weighted by molar-refractivity contribution is 7.99. The van der Waals surface area contributed by atoms with E-state index in [0.717, 1.165) is 11.3 Å². The molecule has 0 aliphatic carbocycles. The molecule has 4 heteroatoms. The molecule has 0 aliphatic heterocycles. The van der Waals surface area contributed by atoms with Crippen LogP contribution in [0.1, 0.15) is 29.7 Å². The molecule has 0 spiro atoms. The summed E-state index contributed by atoms with van der Waals surface area (Å²) in [6, 6.07) is 15.8. The summed E-state index contributed by atoms with van der Waals surface area (Å²) in [4.78, 5) is 12.0. The zero-order valence-electron chi connectivity index (χ0n) is 12.8. The Morgan fingerprint density at radius 2 is 2.00 bits per heavy atom. The Labute approximate surface area is 141 Å². The van der Waals surface area contributed by atoms with Crippen LogP contribution in [0.15, 0.2) is 48.5 Å². The van der Waals surface area contributed by atoms with E-state index in [1.807, 2.05) is 43.3 Å². The van der Waals surface area contributed by atoms with Gasteiger partial charge in [-0.05, 0) is 42.7 Å². The van der Waals surface area contributed by atoms with Crippen molar-refractivity contribution in [2.45, 2.75) is 25.6 Å². The van der Waals surface area contributed by atoms with E-state index < -0.39 is 0 Å². The van der Waals surface area contributed by atoms with Gasteiger partial charge in [0.2, 0.25) is 5.91 Å². The van der Waals surface area contributed by atoms with Crippen molar-refractivity contribution in [3.8, 4) is 0 Å². The third-order valence-electron chi connectivity index (χ3n) is 3.48. The van der Waals surface area contributed by atoms with Crippen LogP contribution < -0.4 is 5.32 Å². The van der Waals surface area contributed by atoms with Crippen molar-refractivity contribution in [1.29, 1.82) is 0 Å². The summed E-state index contributed by atoms with van der Waals surface area (Å²) in [5, 5.41) is 3.69. The van der Waals surface area contributed by atoms with Gasteiger partial charge in [-0.2, -0.15) is 0 Å². The second kappa shape index (κ2) is 8.25. The molecule has 0 aromatic heterocycles. The van der Waals surface area contributed by atoms with Crippen LogP contribution in [0.3, 0.4) is 0 Å². The molecule has 2 aromatic carbocycles. The maximum Gasteiger partial charge on any atom is 0.230 e. The highest BCUT2D eigenvalue weighted by Crippen LogP contribution is 2.18. The van der Waals surface area contributed by atoms with E-state index in [9.17, 15) is 4.79 Å². The second-order valence-corrected chi connectivity index (χ2v) is 6.69. The third-order valence-corrected chi connectivity index (χ3v) is 4.69. The van der Waals surface area contributed by atoms with E-state index in [1.165, 1.54) is 11.1 Å². The first kappa shape index (κ1) is 16.9. The largest absolute Gasteiger partial charge is 0.349 e. The fraction of sp³-hybridized carbons (Fsp3) is 0.278. The van der Waals surface area contributed by atoms with Gasteiger partial charge in [0.1, 0.15) is 0 Å². The summed E-state index contributed by atoms with van der Waals surface area (Å²) >= 11 is 7.61. The zero-order chi connectivity index (χ0) is 15.9. The van der Waals surface area contributed by atoms with Gasteiger partial charge in [-0.15, -0.1) is 11.8 Å². The van der Waals surface area contributed by atoms with Crippen molar-refractivity contribution < 1.29 is 4.79 Å². The van der Waals surface area contributed by atoms with Crippen LogP contribution in [0.4, 0.5) is 0 Å². The molecule has 1 N–H and O–H groups in total. The lowest BCUT2D eigenvalue weighted by molar-refractivity contribution is -0.119. The number of benzene rings is 2. The third kappa shape index (κ3) is 5.08. The Hall–Kier alpha value is -1.45. The van der Waals surface area contributed by atoms with Crippen molar-refractivity contribution in [2.75, 3.05) is 5.75 Å². The summed E-state index contributed by atoms with van der Waals surface area (Å²) in [5.74, 6) is 1.36. The molecule has 0 fully saturated rings. The highest BCUT2D eigenvalue weighted by atomic mass is 35.5. The van der Waals surface area contributed by atoms with Gasteiger partial charge in [0.15, 0.2) is 0 Å². The first-order chi connectivity index (χ1) is 10.6. The van der Waals surface area contributed by atoms with E-state index in [2.05, 4.69) is 24.4 Å². The minimum Gasteiger partial charge on any atom is -0.349 e. The molecule has 0 heterocycles. The molecular formula is C18H20ClNOS. The number of thioether (sulfide) groups is 1. The fourth-order valence-corrected chi connectivity index (χ4v) is 3.28. The summed E-state index contributed by atoms with van der Waals surface area (Å²) in [5.41, 5.74) is 3.57. The van der Waals surface area contributed by atoms with E-state index in [4.69, 9.17) is 11.6 Å². The molecule has 0 saturated heterocycles. The maximum absolute atomic E-state index is 12.0.